The van der Waals surface area contributed by atoms with Gasteiger partial charge in [0.2, 0.25) is 0 Å². The minimum absolute atomic E-state index is 0.498. The van der Waals surface area contributed by atoms with Crippen molar-refractivity contribution >= 4 is 22.8 Å². The predicted molar refractivity (Wildman–Crippen MR) is 120 cm³/mol. The number of pyridine rings is 1. The molecule has 158 valence electrons. The van der Waals surface area contributed by atoms with Gasteiger partial charge in [-0.15, -0.1) is 0 Å². The second kappa shape index (κ2) is 8.56. The molecule has 0 bridgehead atoms. The standard InChI is InChI=1S/C24H29ClN4O/c1-28-23(27-21-3-2-11-26-24(21)28)16-29-12-8-18(9-13-29)20-15-19(25)6-7-22(20)30-14-10-17-4-5-17/h2-3,6-7,11,15,17-18H,4-5,8-10,12-14,16H2,1H3. The largest absolute Gasteiger partial charge is 0.493 e. The van der Waals surface area contributed by atoms with Crippen molar-refractivity contribution in [1.82, 2.24) is 19.4 Å². The van der Waals surface area contributed by atoms with Crippen LogP contribution in [-0.2, 0) is 13.6 Å². The molecule has 1 saturated carbocycles. The highest BCUT2D eigenvalue weighted by Gasteiger charge is 2.25. The molecular formula is C24H29ClN4O. The summed E-state index contributed by atoms with van der Waals surface area (Å²) in [6, 6.07) is 10.1. The van der Waals surface area contributed by atoms with Gasteiger partial charge in [-0.25, -0.2) is 9.97 Å². The van der Waals surface area contributed by atoms with E-state index in [1.165, 1.54) is 24.8 Å². The van der Waals surface area contributed by atoms with Crippen LogP contribution in [0.2, 0.25) is 5.02 Å². The fourth-order valence-electron chi connectivity index (χ4n) is 4.53. The van der Waals surface area contributed by atoms with E-state index < -0.39 is 0 Å². The van der Waals surface area contributed by atoms with E-state index in [4.69, 9.17) is 21.3 Å². The summed E-state index contributed by atoms with van der Waals surface area (Å²) in [6.07, 6.45) is 7.97. The minimum Gasteiger partial charge on any atom is -0.493 e. The van der Waals surface area contributed by atoms with Gasteiger partial charge in [-0.2, -0.15) is 0 Å². The van der Waals surface area contributed by atoms with Gasteiger partial charge in [0.15, 0.2) is 5.65 Å². The molecule has 0 atom stereocenters. The molecule has 2 aromatic heterocycles. The fourth-order valence-corrected chi connectivity index (χ4v) is 4.71. The number of benzene rings is 1. The highest BCUT2D eigenvalue weighted by atomic mass is 35.5. The van der Waals surface area contributed by atoms with Gasteiger partial charge in [-0.1, -0.05) is 24.4 Å². The summed E-state index contributed by atoms with van der Waals surface area (Å²) in [6.45, 7) is 3.78. The lowest BCUT2D eigenvalue weighted by Gasteiger charge is -2.32. The summed E-state index contributed by atoms with van der Waals surface area (Å²) in [4.78, 5) is 11.7. The molecule has 5 nitrogen and oxygen atoms in total. The number of piperidine rings is 1. The van der Waals surface area contributed by atoms with E-state index in [0.717, 1.165) is 72.8 Å². The van der Waals surface area contributed by atoms with E-state index in [2.05, 4.69) is 33.6 Å². The molecule has 3 heterocycles. The Balaban J connectivity index is 1.23. The molecule has 3 aromatic rings. The number of hydrogen-bond donors (Lipinski definition) is 0. The molecule has 30 heavy (non-hydrogen) atoms. The molecule has 5 rings (SSSR count). The molecule has 2 aliphatic rings. The van der Waals surface area contributed by atoms with Gasteiger partial charge in [-0.3, -0.25) is 4.90 Å². The second-order valence-corrected chi connectivity index (χ2v) is 9.18. The van der Waals surface area contributed by atoms with Gasteiger partial charge >= 0.3 is 0 Å². The number of hydrogen-bond acceptors (Lipinski definition) is 4. The number of imidazole rings is 1. The molecule has 1 saturated heterocycles. The van der Waals surface area contributed by atoms with Gasteiger partial charge in [-0.05, 0) is 80.1 Å². The average Bonchev–Trinajstić information content (AvgIpc) is 3.54. The molecule has 0 amide bonds. The summed E-state index contributed by atoms with van der Waals surface area (Å²) in [5.74, 6) is 3.49. The summed E-state index contributed by atoms with van der Waals surface area (Å²) in [5, 5.41) is 0.800. The quantitative estimate of drug-likeness (QED) is 0.524. The second-order valence-electron chi connectivity index (χ2n) is 8.75. The van der Waals surface area contributed by atoms with Gasteiger partial charge < -0.3 is 9.30 Å². The Morgan fingerprint density at radius 3 is 2.73 bits per heavy atom. The third-order valence-corrected chi connectivity index (χ3v) is 6.80. The molecule has 0 N–H and O–H groups in total. The highest BCUT2D eigenvalue weighted by molar-refractivity contribution is 6.30. The smallest absolute Gasteiger partial charge is 0.159 e. The molecule has 0 spiro atoms. The van der Waals surface area contributed by atoms with E-state index in [1.54, 1.807) is 0 Å². The lowest BCUT2D eigenvalue weighted by atomic mass is 9.88. The van der Waals surface area contributed by atoms with Crippen molar-refractivity contribution in [3.05, 3.63) is 52.9 Å². The van der Waals surface area contributed by atoms with Crippen LogP contribution in [0.4, 0.5) is 0 Å². The monoisotopic (exact) mass is 424 g/mol. The third-order valence-electron chi connectivity index (χ3n) is 6.57. The van der Waals surface area contributed by atoms with Crippen LogP contribution in [0.5, 0.6) is 5.75 Å². The van der Waals surface area contributed by atoms with Crippen LogP contribution >= 0.6 is 11.6 Å². The topological polar surface area (TPSA) is 43.2 Å². The van der Waals surface area contributed by atoms with Crippen molar-refractivity contribution in [2.75, 3.05) is 19.7 Å². The highest BCUT2D eigenvalue weighted by Crippen LogP contribution is 2.37. The molecule has 1 aromatic carbocycles. The Morgan fingerprint density at radius 1 is 1.13 bits per heavy atom. The zero-order valence-electron chi connectivity index (χ0n) is 17.6. The summed E-state index contributed by atoms with van der Waals surface area (Å²) >= 11 is 6.34. The van der Waals surface area contributed by atoms with Crippen molar-refractivity contribution in [2.24, 2.45) is 13.0 Å². The zero-order valence-corrected chi connectivity index (χ0v) is 18.3. The van der Waals surface area contributed by atoms with Crippen molar-refractivity contribution in [2.45, 2.75) is 44.6 Å². The molecule has 6 heteroatoms. The molecule has 1 aliphatic carbocycles. The summed E-state index contributed by atoms with van der Waals surface area (Å²) in [7, 11) is 2.06. The lowest BCUT2D eigenvalue weighted by Crippen LogP contribution is -2.33. The van der Waals surface area contributed by atoms with Crippen LogP contribution in [0.3, 0.4) is 0 Å². The third kappa shape index (κ3) is 4.33. The van der Waals surface area contributed by atoms with E-state index in [9.17, 15) is 0 Å². The molecule has 0 unspecified atom stereocenters. The summed E-state index contributed by atoms with van der Waals surface area (Å²) < 4.78 is 8.29. The number of aryl methyl sites for hydroxylation is 1. The first-order valence-corrected chi connectivity index (χ1v) is 11.5. The maximum absolute atomic E-state index is 6.34. The van der Waals surface area contributed by atoms with Gasteiger partial charge in [0.05, 0.1) is 13.2 Å². The summed E-state index contributed by atoms with van der Waals surface area (Å²) in [5.41, 5.74) is 3.20. The first-order valence-electron chi connectivity index (χ1n) is 11.1. The Hall–Kier alpha value is -2.11. The van der Waals surface area contributed by atoms with Crippen molar-refractivity contribution in [3.63, 3.8) is 0 Å². The SMILES string of the molecule is Cn1c(CN2CCC(c3cc(Cl)ccc3OCCC3CC3)CC2)nc2cccnc21. The zero-order chi connectivity index (χ0) is 20.5. The lowest BCUT2D eigenvalue weighted by molar-refractivity contribution is 0.196. The Morgan fingerprint density at radius 2 is 1.97 bits per heavy atom. The van der Waals surface area contributed by atoms with Gasteiger partial charge in [0.1, 0.15) is 17.1 Å². The van der Waals surface area contributed by atoms with Crippen LogP contribution in [0.15, 0.2) is 36.5 Å². The maximum Gasteiger partial charge on any atom is 0.159 e. The Kier molecular flexibility index (Phi) is 5.66. The van der Waals surface area contributed by atoms with Gasteiger partial charge in [0, 0.05) is 18.3 Å². The van der Waals surface area contributed by atoms with Gasteiger partial charge in [0.25, 0.3) is 0 Å². The molecule has 2 fully saturated rings. The number of ether oxygens (including phenoxy) is 1. The molecule has 0 radical (unpaired) electrons. The normalized spacial score (nSPS) is 18.2. The van der Waals surface area contributed by atoms with E-state index >= 15 is 0 Å². The van der Waals surface area contributed by atoms with Crippen LogP contribution in [0, 0.1) is 5.92 Å². The number of halogens is 1. The number of fused-ring (bicyclic) bond motifs is 1. The van der Waals surface area contributed by atoms with E-state index in [0.29, 0.717) is 5.92 Å². The van der Waals surface area contributed by atoms with Crippen LogP contribution < -0.4 is 4.74 Å². The van der Waals surface area contributed by atoms with Crippen molar-refractivity contribution in [3.8, 4) is 5.75 Å². The first kappa shape index (κ1) is 19.8. The molecular weight excluding hydrogens is 396 g/mol. The van der Waals surface area contributed by atoms with Crippen molar-refractivity contribution in [1.29, 1.82) is 0 Å². The number of rotatable bonds is 7. The van der Waals surface area contributed by atoms with Crippen LogP contribution in [0.25, 0.3) is 11.2 Å². The van der Waals surface area contributed by atoms with Crippen LogP contribution in [0.1, 0.15) is 49.4 Å². The molecule has 1 aliphatic heterocycles. The Bertz CT molecular complexity index is 1020. The van der Waals surface area contributed by atoms with Crippen LogP contribution in [-0.4, -0.2) is 39.1 Å². The van der Waals surface area contributed by atoms with Crippen molar-refractivity contribution < 1.29 is 4.74 Å². The minimum atomic E-state index is 0.498. The van der Waals surface area contributed by atoms with E-state index in [1.807, 2.05) is 24.4 Å². The number of nitrogens with zero attached hydrogens (tertiary/aromatic N) is 4. The van der Waals surface area contributed by atoms with E-state index in [-0.39, 0.29) is 0 Å². The average molecular weight is 425 g/mol. The first-order chi connectivity index (χ1) is 14.7. The number of likely N-dealkylation sites (tertiary alicyclic amines) is 1. The Labute approximate surface area is 183 Å². The maximum atomic E-state index is 6.34. The fraction of sp³-hybridized carbons (Fsp3) is 0.500. The predicted octanol–water partition coefficient (Wildman–Crippen LogP) is 5.18. The number of aromatic nitrogens is 3.